The number of ether oxygens (including phenoxy) is 1. The van der Waals surface area contributed by atoms with Crippen LogP contribution in [0.25, 0.3) is 0 Å². The van der Waals surface area contributed by atoms with Gasteiger partial charge in [-0.05, 0) is 30.5 Å². The van der Waals surface area contributed by atoms with Crippen LogP contribution in [0.4, 0.5) is 0 Å². The summed E-state index contributed by atoms with van der Waals surface area (Å²) in [6, 6.07) is 6.99. The van der Waals surface area contributed by atoms with E-state index in [-0.39, 0.29) is 19.4 Å². The van der Waals surface area contributed by atoms with Gasteiger partial charge in [0.05, 0.1) is 24.7 Å². The van der Waals surface area contributed by atoms with E-state index in [1.807, 2.05) is 6.07 Å². The normalized spacial score (nSPS) is 9.68. The molecule has 0 spiro atoms. The molecule has 0 aliphatic heterocycles. The highest BCUT2D eigenvalue weighted by Gasteiger charge is 2.16. The topological polar surface area (TPSA) is 87.4 Å². The summed E-state index contributed by atoms with van der Waals surface area (Å²) in [5, 5.41) is 17.5. The minimum atomic E-state index is -0.913. The molecule has 0 saturated heterocycles. The quantitative estimate of drug-likeness (QED) is 0.791. The molecule has 100 valence electrons. The zero-order chi connectivity index (χ0) is 14.3. The van der Waals surface area contributed by atoms with Crippen LogP contribution in [0.3, 0.4) is 0 Å². The zero-order valence-electron chi connectivity index (χ0n) is 10.7. The number of nitrogens with zero attached hydrogens (tertiary/aromatic N) is 1. The van der Waals surface area contributed by atoms with Crippen LogP contribution in [-0.4, -0.2) is 23.7 Å². The molecule has 0 bridgehead atoms. The second-order valence-electron chi connectivity index (χ2n) is 3.89. The van der Waals surface area contributed by atoms with Crippen molar-refractivity contribution in [3.63, 3.8) is 0 Å². The SMILES string of the molecule is CCOC(=O)c1cccc(CCC(=O)O)c1CC#N. The number of hydrogen-bond acceptors (Lipinski definition) is 4. The highest BCUT2D eigenvalue weighted by Crippen LogP contribution is 2.18. The number of aliphatic carboxylic acids is 1. The van der Waals surface area contributed by atoms with E-state index in [1.54, 1.807) is 25.1 Å². The fourth-order valence-electron chi connectivity index (χ4n) is 1.80. The van der Waals surface area contributed by atoms with E-state index in [1.165, 1.54) is 0 Å². The second-order valence-corrected chi connectivity index (χ2v) is 3.89. The van der Waals surface area contributed by atoms with Gasteiger partial charge in [0.1, 0.15) is 0 Å². The third kappa shape index (κ3) is 4.11. The first-order valence-electron chi connectivity index (χ1n) is 5.96. The number of rotatable bonds is 6. The first-order chi connectivity index (χ1) is 9.10. The number of nitriles is 1. The molecule has 19 heavy (non-hydrogen) atoms. The largest absolute Gasteiger partial charge is 0.481 e. The van der Waals surface area contributed by atoms with Gasteiger partial charge in [0.25, 0.3) is 0 Å². The van der Waals surface area contributed by atoms with Gasteiger partial charge in [0, 0.05) is 6.42 Å². The molecule has 0 saturated carbocycles. The van der Waals surface area contributed by atoms with Crippen LogP contribution in [0.1, 0.15) is 34.8 Å². The third-order valence-electron chi connectivity index (χ3n) is 2.63. The number of benzene rings is 1. The molecule has 0 aromatic heterocycles. The average Bonchev–Trinajstić information content (AvgIpc) is 2.37. The molecule has 0 unspecified atom stereocenters. The van der Waals surface area contributed by atoms with E-state index in [0.717, 1.165) is 0 Å². The summed E-state index contributed by atoms with van der Waals surface area (Å²) >= 11 is 0. The first-order valence-corrected chi connectivity index (χ1v) is 5.96. The van der Waals surface area contributed by atoms with E-state index in [2.05, 4.69) is 0 Å². The molecule has 0 aliphatic carbocycles. The first kappa shape index (κ1) is 14.7. The van der Waals surface area contributed by atoms with E-state index < -0.39 is 11.9 Å². The summed E-state index contributed by atoms with van der Waals surface area (Å²) in [6.07, 6.45) is 0.314. The van der Waals surface area contributed by atoms with Crippen molar-refractivity contribution in [2.24, 2.45) is 0 Å². The molecule has 1 aromatic rings. The van der Waals surface area contributed by atoms with E-state index >= 15 is 0 Å². The summed E-state index contributed by atoms with van der Waals surface area (Å²) in [7, 11) is 0. The number of aryl methyl sites for hydroxylation is 1. The molecule has 0 aliphatic rings. The van der Waals surface area contributed by atoms with Gasteiger partial charge in [-0.15, -0.1) is 0 Å². The molecule has 0 atom stereocenters. The molecular weight excluding hydrogens is 246 g/mol. The molecule has 1 aromatic carbocycles. The lowest BCUT2D eigenvalue weighted by Gasteiger charge is -2.11. The van der Waals surface area contributed by atoms with Gasteiger partial charge in [-0.1, -0.05) is 12.1 Å². The maximum atomic E-state index is 11.8. The zero-order valence-corrected chi connectivity index (χ0v) is 10.7. The highest BCUT2D eigenvalue weighted by atomic mass is 16.5. The fraction of sp³-hybridized carbons (Fsp3) is 0.357. The minimum absolute atomic E-state index is 0.0370. The Balaban J connectivity index is 3.10. The summed E-state index contributed by atoms with van der Waals surface area (Å²) in [5.41, 5.74) is 1.60. The Hall–Kier alpha value is -2.35. The third-order valence-corrected chi connectivity index (χ3v) is 2.63. The van der Waals surface area contributed by atoms with Crippen LogP contribution in [0, 0.1) is 11.3 Å². The Labute approximate surface area is 111 Å². The van der Waals surface area contributed by atoms with Gasteiger partial charge in [-0.25, -0.2) is 4.79 Å². The van der Waals surface area contributed by atoms with Crippen LogP contribution in [0.15, 0.2) is 18.2 Å². The van der Waals surface area contributed by atoms with Gasteiger partial charge < -0.3 is 9.84 Å². The lowest BCUT2D eigenvalue weighted by molar-refractivity contribution is -0.136. The van der Waals surface area contributed by atoms with Crippen LogP contribution < -0.4 is 0 Å². The molecule has 1 rings (SSSR count). The molecule has 5 heteroatoms. The summed E-state index contributed by atoms with van der Waals surface area (Å²) in [5.74, 6) is -1.39. The van der Waals surface area contributed by atoms with Crippen molar-refractivity contribution in [3.05, 3.63) is 34.9 Å². The van der Waals surface area contributed by atoms with Crippen LogP contribution >= 0.6 is 0 Å². The van der Waals surface area contributed by atoms with Crippen molar-refractivity contribution in [1.82, 2.24) is 0 Å². The van der Waals surface area contributed by atoms with Crippen molar-refractivity contribution < 1.29 is 19.4 Å². The predicted octanol–water partition coefficient (Wildman–Crippen LogP) is 1.95. The molecule has 0 radical (unpaired) electrons. The predicted molar refractivity (Wildman–Crippen MR) is 67.7 cm³/mol. The van der Waals surface area contributed by atoms with Gasteiger partial charge in [-0.2, -0.15) is 5.26 Å². The van der Waals surface area contributed by atoms with E-state index in [4.69, 9.17) is 15.1 Å². The summed E-state index contributed by atoms with van der Waals surface area (Å²) in [4.78, 5) is 22.4. The molecule has 0 amide bonds. The second kappa shape index (κ2) is 7.17. The number of carbonyl (C=O) groups excluding carboxylic acids is 1. The molecule has 0 heterocycles. The Kier molecular flexibility index (Phi) is 5.55. The van der Waals surface area contributed by atoms with Crippen molar-refractivity contribution in [1.29, 1.82) is 5.26 Å². The maximum absolute atomic E-state index is 11.8. The Morgan fingerprint density at radius 1 is 1.42 bits per heavy atom. The number of carbonyl (C=O) groups is 2. The Morgan fingerprint density at radius 2 is 2.16 bits per heavy atom. The lowest BCUT2D eigenvalue weighted by Crippen LogP contribution is -2.11. The van der Waals surface area contributed by atoms with E-state index in [0.29, 0.717) is 23.1 Å². The fourth-order valence-corrected chi connectivity index (χ4v) is 1.80. The van der Waals surface area contributed by atoms with Crippen LogP contribution in [-0.2, 0) is 22.4 Å². The van der Waals surface area contributed by atoms with Gasteiger partial charge in [0.2, 0.25) is 0 Å². The van der Waals surface area contributed by atoms with Gasteiger partial charge >= 0.3 is 11.9 Å². The van der Waals surface area contributed by atoms with Crippen LogP contribution in [0.2, 0.25) is 0 Å². The summed E-state index contributed by atoms with van der Waals surface area (Å²) in [6.45, 7) is 1.96. The Bertz CT molecular complexity index is 517. The smallest absolute Gasteiger partial charge is 0.338 e. The molecule has 5 nitrogen and oxygen atoms in total. The number of esters is 1. The van der Waals surface area contributed by atoms with Crippen molar-refractivity contribution in [2.45, 2.75) is 26.2 Å². The highest BCUT2D eigenvalue weighted by molar-refractivity contribution is 5.91. The van der Waals surface area contributed by atoms with Crippen molar-refractivity contribution >= 4 is 11.9 Å². The number of carboxylic acids is 1. The minimum Gasteiger partial charge on any atom is -0.481 e. The van der Waals surface area contributed by atoms with Crippen molar-refractivity contribution in [2.75, 3.05) is 6.61 Å². The van der Waals surface area contributed by atoms with E-state index in [9.17, 15) is 9.59 Å². The maximum Gasteiger partial charge on any atom is 0.338 e. The molecule has 1 N–H and O–H groups in total. The molecular formula is C14H15NO4. The summed E-state index contributed by atoms with van der Waals surface area (Å²) < 4.78 is 4.93. The average molecular weight is 261 g/mol. The van der Waals surface area contributed by atoms with Gasteiger partial charge in [0.15, 0.2) is 0 Å². The lowest BCUT2D eigenvalue weighted by atomic mass is 9.95. The number of carboxylic acid groups (broad SMARTS) is 1. The number of hydrogen-bond donors (Lipinski definition) is 1. The van der Waals surface area contributed by atoms with Crippen molar-refractivity contribution in [3.8, 4) is 6.07 Å². The standard InChI is InChI=1S/C14H15NO4/c1-2-19-14(18)12-5-3-4-10(6-7-13(16)17)11(12)8-9-15/h3-5H,2,6-8H2,1H3,(H,16,17). The van der Waals surface area contributed by atoms with Crippen LogP contribution in [0.5, 0.6) is 0 Å². The monoisotopic (exact) mass is 261 g/mol. The molecule has 0 fully saturated rings. The van der Waals surface area contributed by atoms with Gasteiger partial charge in [-0.3, -0.25) is 4.79 Å². The Morgan fingerprint density at radius 3 is 2.74 bits per heavy atom.